The van der Waals surface area contributed by atoms with Crippen LogP contribution in [0.15, 0.2) is 5.38 Å². The first-order chi connectivity index (χ1) is 13.1. The number of aliphatic hydroxyl groups excluding tert-OH is 2. The van der Waals surface area contributed by atoms with Crippen molar-refractivity contribution >= 4 is 40.2 Å². The Morgan fingerprint density at radius 2 is 1.86 bits per heavy atom. The molecule has 0 aromatic carbocycles. The largest absolute Gasteiger partial charge is 0.390 e. The molecule has 28 heavy (non-hydrogen) atoms. The van der Waals surface area contributed by atoms with E-state index < -0.39 is 24.0 Å². The Morgan fingerprint density at radius 1 is 1.21 bits per heavy atom. The number of thiazole rings is 1. The first-order valence-electron chi connectivity index (χ1n) is 9.23. The minimum Gasteiger partial charge on any atom is -0.390 e. The van der Waals surface area contributed by atoms with Gasteiger partial charge in [0.15, 0.2) is 5.13 Å². The zero-order chi connectivity index (χ0) is 21.4. The molecule has 1 aromatic heterocycles. The number of nitrogens with zero attached hydrogens (tertiary/aromatic N) is 2. The van der Waals surface area contributed by atoms with Crippen molar-refractivity contribution in [3.63, 3.8) is 0 Å². The van der Waals surface area contributed by atoms with Crippen LogP contribution in [0.2, 0.25) is 0 Å². The summed E-state index contributed by atoms with van der Waals surface area (Å²) in [6, 6.07) is 0. The Morgan fingerprint density at radius 3 is 2.39 bits per heavy atom. The molecule has 10 heteroatoms. The lowest BCUT2D eigenvalue weighted by atomic mass is 9.86. The number of aliphatic hydroxyl groups is 2. The molecule has 3 unspecified atom stereocenters. The molecule has 0 bridgehead atoms. The third-order valence-corrected chi connectivity index (χ3v) is 5.96. The Balaban J connectivity index is 2.66. The van der Waals surface area contributed by atoms with E-state index in [0.717, 1.165) is 0 Å². The molecular formula is C18H32N4O4S2. The number of carbonyl (C=O) groups excluding carboxylic acids is 2. The standard InChI is InChI=1S/C18H32N4O4S2/c1-10(2)7-19-17(26)14(11(3)4)15(24)13(23)8-20-16(25)12-9-28-18(21-12)22(5)27-6/h9-11,13-15,23-24H,7-8H2,1-6H3,(H,19,26)(H,20,25). The predicted molar refractivity (Wildman–Crippen MR) is 115 cm³/mol. The van der Waals surface area contributed by atoms with Crippen LogP contribution in [0.5, 0.6) is 0 Å². The summed E-state index contributed by atoms with van der Waals surface area (Å²) in [5.74, 6) is -1.40. The van der Waals surface area contributed by atoms with Gasteiger partial charge in [0.2, 0.25) is 5.91 Å². The fourth-order valence-electron chi connectivity index (χ4n) is 2.51. The van der Waals surface area contributed by atoms with E-state index in [1.807, 2.05) is 45.3 Å². The Bertz CT molecular complexity index is 639. The summed E-state index contributed by atoms with van der Waals surface area (Å²) >= 11 is 2.82. The normalized spacial score (nSPS) is 14.6. The van der Waals surface area contributed by atoms with E-state index in [-0.39, 0.29) is 30.0 Å². The van der Waals surface area contributed by atoms with Crippen molar-refractivity contribution in [1.29, 1.82) is 0 Å². The molecule has 0 aliphatic heterocycles. The van der Waals surface area contributed by atoms with Gasteiger partial charge in [0.05, 0.1) is 18.1 Å². The number of hydrogen-bond donors (Lipinski definition) is 4. The van der Waals surface area contributed by atoms with Crippen LogP contribution < -0.4 is 14.9 Å². The summed E-state index contributed by atoms with van der Waals surface area (Å²) in [5, 5.41) is 28.5. The van der Waals surface area contributed by atoms with Gasteiger partial charge in [-0.3, -0.25) is 13.9 Å². The quantitative estimate of drug-likeness (QED) is 0.390. The zero-order valence-corrected chi connectivity index (χ0v) is 18.9. The molecule has 1 rings (SSSR count). The van der Waals surface area contributed by atoms with Crippen LogP contribution in [0.25, 0.3) is 0 Å². The summed E-state index contributed by atoms with van der Waals surface area (Å²) in [4.78, 5) is 28.9. The maximum atomic E-state index is 12.4. The lowest BCUT2D eigenvalue weighted by Crippen LogP contribution is -2.49. The van der Waals surface area contributed by atoms with Crippen molar-refractivity contribution < 1.29 is 19.8 Å². The Hall–Kier alpha value is -1.36. The lowest BCUT2D eigenvalue weighted by molar-refractivity contribution is -0.134. The highest BCUT2D eigenvalue weighted by molar-refractivity contribution is 8.00. The molecule has 0 spiro atoms. The molecule has 0 fully saturated rings. The van der Waals surface area contributed by atoms with E-state index in [1.54, 1.807) is 5.38 Å². The summed E-state index contributed by atoms with van der Waals surface area (Å²) in [6.45, 7) is 7.91. The number of nitrogens with one attached hydrogen (secondary N) is 2. The highest BCUT2D eigenvalue weighted by atomic mass is 32.2. The predicted octanol–water partition coefficient (Wildman–Crippen LogP) is 1.35. The second-order valence-corrected chi connectivity index (χ2v) is 9.12. The minimum atomic E-state index is -1.29. The van der Waals surface area contributed by atoms with E-state index in [9.17, 15) is 19.8 Å². The molecule has 1 heterocycles. The van der Waals surface area contributed by atoms with Crippen LogP contribution in [-0.2, 0) is 4.79 Å². The van der Waals surface area contributed by atoms with Crippen LogP contribution in [-0.4, -0.2) is 65.6 Å². The van der Waals surface area contributed by atoms with Gasteiger partial charge in [-0.1, -0.05) is 39.6 Å². The Labute approximate surface area is 175 Å². The van der Waals surface area contributed by atoms with Gasteiger partial charge in [0.1, 0.15) is 5.69 Å². The van der Waals surface area contributed by atoms with E-state index in [0.29, 0.717) is 11.7 Å². The topological polar surface area (TPSA) is 115 Å². The van der Waals surface area contributed by atoms with Crippen LogP contribution in [0.1, 0.15) is 38.2 Å². The fourth-order valence-corrected chi connectivity index (χ4v) is 3.74. The second kappa shape index (κ2) is 11.6. The third kappa shape index (κ3) is 7.23. The van der Waals surface area contributed by atoms with Crippen molar-refractivity contribution in [2.24, 2.45) is 17.8 Å². The number of carbonyl (C=O) groups is 2. The highest BCUT2D eigenvalue weighted by Crippen LogP contribution is 2.23. The molecule has 3 atom stereocenters. The van der Waals surface area contributed by atoms with Gasteiger partial charge in [-0.05, 0) is 11.8 Å². The molecule has 0 saturated carbocycles. The molecule has 0 aliphatic rings. The van der Waals surface area contributed by atoms with E-state index in [1.165, 1.54) is 23.3 Å². The van der Waals surface area contributed by atoms with Gasteiger partial charge < -0.3 is 20.8 Å². The van der Waals surface area contributed by atoms with Crippen LogP contribution >= 0.6 is 23.3 Å². The summed E-state index contributed by atoms with van der Waals surface area (Å²) < 4.78 is 1.84. The summed E-state index contributed by atoms with van der Waals surface area (Å²) in [6.07, 6.45) is -0.657. The van der Waals surface area contributed by atoms with Crippen molar-refractivity contribution in [3.8, 4) is 0 Å². The average molecular weight is 433 g/mol. The molecule has 4 N–H and O–H groups in total. The van der Waals surface area contributed by atoms with Gasteiger partial charge in [-0.2, -0.15) is 0 Å². The smallest absolute Gasteiger partial charge is 0.270 e. The van der Waals surface area contributed by atoms with E-state index >= 15 is 0 Å². The highest BCUT2D eigenvalue weighted by Gasteiger charge is 2.34. The molecule has 160 valence electrons. The first-order valence-corrected chi connectivity index (χ1v) is 11.3. The minimum absolute atomic E-state index is 0.171. The van der Waals surface area contributed by atoms with Gasteiger partial charge in [-0.25, -0.2) is 4.98 Å². The van der Waals surface area contributed by atoms with Crippen LogP contribution in [0.4, 0.5) is 5.13 Å². The molecule has 2 amide bonds. The van der Waals surface area contributed by atoms with Crippen molar-refractivity contribution in [1.82, 2.24) is 15.6 Å². The van der Waals surface area contributed by atoms with Gasteiger partial charge in [0.25, 0.3) is 5.91 Å². The first kappa shape index (κ1) is 24.7. The molecule has 0 saturated heterocycles. The van der Waals surface area contributed by atoms with Gasteiger partial charge in [-0.15, -0.1) is 11.3 Å². The number of rotatable bonds is 11. The van der Waals surface area contributed by atoms with Crippen LogP contribution in [0, 0.1) is 17.8 Å². The maximum absolute atomic E-state index is 12.4. The Kier molecular flexibility index (Phi) is 10.2. The SMILES string of the molecule is CSN(C)c1nc(C(=O)NCC(O)C(O)C(C(=O)NCC(C)C)C(C)C)cs1. The summed E-state index contributed by atoms with van der Waals surface area (Å²) in [7, 11) is 1.85. The second-order valence-electron chi connectivity index (χ2n) is 7.37. The van der Waals surface area contributed by atoms with Crippen molar-refractivity contribution in [2.45, 2.75) is 39.9 Å². The number of hydrogen-bond acceptors (Lipinski definition) is 8. The number of anilines is 1. The molecule has 0 radical (unpaired) electrons. The van der Waals surface area contributed by atoms with E-state index in [2.05, 4.69) is 15.6 Å². The third-order valence-electron chi connectivity index (χ3n) is 4.21. The van der Waals surface area contributed by atoms with Gasteiger partial charge in [0, 0.05) is 31.8 Å². The lowest BCUT2D eigenvalue weighted by Gasteiger charge is -2.29. The molecule has 0 aliphatic carbocycles. The molecule has 1 aromatic rings. The average Bonchev–Trinajstić information content (AvgIpc) is 3.13. The van der Waals surface area contributed by atoms with Crippen molar-refractivity contribution in [2.75, 3.05) is 30.7 Å². The fraction of sp³-hybridized carbons (Fsp3) is 0.722. The maximum Gasteiger partial charge on any atom is 0.270 e. The van der Waals surface area contributed by atoms with Crippen molar-refractivity contribution in [3.05, 3.63) is 11.1 Å². The molecular weight excluding hydrogens is 400 g/mol. The van der Waals surface area contributed by atoms with E-state index in [4.69, 9.17) is 0 Å². The zero-order valence-electron chi connectivity index (χ0n) is 17.3. The van der Waals surface area contributed by atoms with Crippen LogP contribution in [0.3, 0.4) is 0 Å². The number of amides is 2. The summed E-state index contributed by atoms with van der Waals surface area (Å²) in [5.41, 5.74) is 0.248. The number of aromatic nitrogens is 1. The monoisotopic (exact) mass is 432 g/mol. The molecule has 8 nitrogen and oxygen atoms in total. The van der Waals surface area contributed by atoms with Gasteiger partial charge >= 0.3 is 0 Å².